The van der Waals surface area contributed by atoms with E-state index in [4.69, 9.17) is 10.5 Å². The lowest BCUT2D eigenvalue weighted by atomic mass is 10.0. The third-order valence-corrected chi connectivity index (χ3v) is 4.99. The van der Waals surface area contributed by atoms with Crippen molar-refractivity contribution < 1.29 is 4.74 Å². The maximum absolute atomic E-state index is 6.29. The maximum atomic E-state index is 6.29. The molecule has 206 valence electrons. The van der Waals surface area contributed by atoms with Gasteiger partial charge in [0.1, 0.15) is 12.4 Å². The number of nitrogens with two attached hydrogens (primary N) is 1. The van der Waals surface area contributed by atoms with Gasteiger partial charge in [-0.3, -0.25) is 15.0 Å². The number of amidine groups is 1. The van der Waals surface area contributed by atoms with Crippen molar-refractivity contribution in [3.8, 4) is 5.75 Å². The summed E-state index contributed by atoms with van der Waals surface area (Å²) in [4.78, 5) is 13.1. The molecule has 1 aliphatic heterocycles. The first-order valence-electron chi connectivity index (χ1n) is 13.3. The molecule has 6 nitrogen and oxygen atoms in total. The van der Waals surface area contributed by atoms with Crippen LogP contribution in [0, 0.1) is 0 Å². The van der Waals surface area contributed by atoms with Crippen molar-refractivity contribution in [2.24, 2.45) is 15.7 Å². The van der Waals surface area contributed by atoms with Gasteiger partial charge < -0.3 is 15.8 Å². The topological polar surface area (TPSA) is 84.9 Å². The molecule has 2 aliphatic rings. The SMILES string of the molecule is C=C.C=CCN=C(CC(N)COc1cncc(C2=CC3=C(CC=C2)CC=NC=C3)c1)NCC=C.CC.CC. The third-order valence-electron chi connectivity index (χ3n) is 4.99. The van der Waals surface area contributed by atoms with Crippen molar-refractivity contribution in [1.82, 2.24) is 10.3 Å². The number of hydrogen-bond donors (Lipinski definition) is 2. The van der Waals surface area contributed by atoms with E-state index in [-0.39, 0.29) is 6.04 Å². The summed E-state index contributed by atoms with van der Waals surface area (Å²) in [6, 6.07) is 1.79. The summed E-state index contributed by atoms with van der Waals surface area (Å²) in [6.45, 7) is 23.0. The normalized spacial score (nSPS) is 14.3. The smallest absolute Gasteiger partial charge is 0.138 e. The summed E-state index contributed by atoms with van der Waals surface area (Å²) in [5.74, 6) is 1.51. The van der Waals surface area contributed by atoms with Crippen LogP contribution in [0.15, 0.2) is 109 Å². The molecule has 0 saturated heterocycles. The summed E-state index contributed by atoms with van der Waals surface area (Å²) in [5, 5.41) is 3.22. The molecule has 1 aliphatic carbocycles. The second-order valence-corrected chi connectivity index (χ2v) is 7.55. The molecule has 0 saturated carbocycles. The molecule has 3 rings (SSSR count). The molecule has 1 aromatic heterocycles. The van der Waals surface area contributed by atoms with Crippen molar-refractivity contribution >= 4 is 17.6 Å². The molecule has 2 heterocycles. The fourth-order valence-electron chi connectivity index (χ4n) is 3.38. The number of hydrogen-bond acceptors (Lipinski definition) is 5. The molecule has 0 radical (unpaired) electrons. The highest BCUT2D eigenvalue weighted by Gasteiger charge is 2.11. The first-order valence-corrected chi connectivity index (χ1v) is 13.3. The molecule has 0 spiro atoms. The fraction of sp³-hybridized carbons (Fsp3) is 0.344. The van der Waals surface area contributed by atoms with Crippen LogP contribution >= 0.6 is 0 Å². The first-order chi connectivity index (χ1) is 18.7. The molecule has 0 fully saturated rings. The summed E-state index contributed by atoms with van der Waals surface area (Å²) in [5.41, 5.74) is 10.9. The molecule has 6 heteroatoms. The summed E-state index contributed by atoms with van der Waals surface area (Å²) >= 11 is 0. The lowest BCUT2D eigenvalue weighted by Gasteiger charge is -2.16. The minimum Gasteiger partial charge on any atom is -0.490 e. The van der Waals surface area contributed by atoms with E-state index in [0.717, 1.165) is 29.8 Å². The second-order valence-electron chi connectivity index (χ2n) is 7.55. The standard InChI is InChI=1S/C26H31N5O.2C2H6.C2H4/c1-3-10-30-26(31-11-4-2)16-24(27)19-32-25-15-23(17-29-18-25)21-7-5-6-20-8-12-28-13-9-22(20)14-21;3*1-2/h3-5,7,9,12-15,17-18,24H,1-2,6,8,10-11,16,19,27H2,(H,30,31);2*1-2H3;1-2H2. The van der Waals surface area contributed by atoms with Gasteiger partial charge in [0.15, 0.2) is 0 Å². The number of allylic oxidation sites excluding steroid dienone is 7. The van der Waals surface area contributed by atoms with Crippen LogP contribution < -0.4 is 15.8 Å². The van der Waals surface area contributed by atoms with Crippen LogP contribution in [0.2, 0.25) is 0 Å². The van der Waals surface area contributed by atoms with Crippen LogP contribution in [0.25, 0.3) is 5.57 Å². The molecule has 0 aromatic carbocycles. The van der Waals surface area contributed by atoms with E-state index in [1.807, 2.05) is 52.4 Å². The summed E-state index contributed by atoms with van der Waals surface area (Å²) < 4.78 is 5.96. The average molecular weight is 518 g/mol. The van der Waals surface area contributed by atoms with E-state index in [1.165, 1.54) is 11.1 Å². The number of aliphatic imine (C=N–C) groups is 2. The van der Waals surface area contributed by atoms with Gasteiger partial charge in [0.05, 0.1) is 18.6 Å². The number of rotatable bonds is 10. The van der Waals surface area contributed by atoms with E-state index >= 15 is 0 Å². The minimum atomic E-state index is -0.208. The molecule has 3 N–H and O–H groups in total. The van der Waals surface area contributed by atoms with Crippen molar-refractivity contribution in [3.05, 3.63) is 104 Å². The van der Waals surface area contributed by atoms with Crippen LogP contribution in [-0.4, -0.2) is 42.8 Å². The highest BCUT2D eigenvalue weighted by Crippen LogP contribution is 2.28. The Morgan fingerprint density at radius 1 is 1.13 bits per heavy atom. The average Bonchev–Trinajstić information content (AvgIpc) is 3.32. The predicted molar refractivity (Wildman–Crippen MR) is 168 cm³/mol. The largest absolute Gasteiger partial charge is 0.490 e. The Kier molecular flexibility index (Phi) is 20.2. The van der Waals surface area contributed by atoms with E-state index in [2.05, 4.69) is 70.9 Å². The number of nitrogens with one attached hydrogen (secondary N) is 1. The van der Waals surface area contributed by atoms with Crippen LogP contribution in [0.1, 0.15) is 52.5 Å². The Morgan fingerprint density at radius 3 is 2.61 bits per heavy atom. The molecule has 0 amide bonds. The van der Waals surface area contributed by atoms with E-state index in [0.29, 0.717) is 31.9 Å². The van der Waals surface area contributed by atoms with Gasteiger partial charge in [0, 0.05) is 49.6 Å². The molecule has 1 atom stereocenters. The van der Waals surface area contributed by atoms with Crippen molar-refractivity contribution in [3.63, 3.8) is 0 Å². The Hall–Kier alpha value is -3.77. The van der Waals surface area contributed by atoms with Gasteiger partial charge in [-0.15, -0.1) is 26.3 Å². The zero-order valence-electron chi connectivity index (χ0n) is 23.8. The molecule has 38 heavy (non-hydrogen) atoms. The van der Waals surface area contributed by atoms with Gasteiger partial charge >= 0.3 is 0 Å². The van der Waals surface area contributed by atoms with Crippen LogP contribution in [0.5, 0.6) is 5.75 Å². The van der Waals surface area contributed by atoms with Gasteiger partial charge in [-0.05, 0) is 35.8 Å². The number of nitrogens with zero attached hydrogens (tertiary/aromatic N) is 3. The molecular weight excluding hydrogens is 470 g/mol. The zero-order chi connectivity index (χ0) is 28.6. The Bertz CT molecular complexity index is 1010. The van der Waals surface area contributed by atoms with Crippen LogP contribution in [0.4, 0.5) is 0 Å². The Labute approximate surface area is 230 Å². The highest BCUT2D eigenvalue weighted by atomic mass is 16.5. The Balaban J connectivity index is 0.00000213. The quantitative estimate of drug-likeness (QED) is 0.198. The minimum absolute atomic E-state index is 0.208. The zero-order valence-corrected chi connectivity index (χ0v) is 23.8. The third kappa shape index (κ3) is 13.0. The maximum Gasteiger partial charge on any atom is 0.138 e. The van der Waals surface area contributed by atoms with E-state index in [9.17, 15) is 0 Å². The number of pyridine rings is 1. The van der Waals surface area contributed by atoms with Gasteiger partial charge in [-0.2, -0.15) is 0 Å². The molecular formula is C32H47N5O. The Morgan fingerprint density at radius 2 is 1.89 bits per heavy atom. The van der Waals surface area contributed by atoms with Gasteiger partial charge in [-0.1, -0.05) is 57.6 Å². The lowest BCUT2D eigenvalue weighted by Crippen LogP contribution is -2.36. The van der Waals surface area contributed by atoms with Gasteiger partial charge in [0.25, 0.3) is 0 Å². The highest BCUT2D eigenvalue weighted by molar-refractivity contribution is 5.83. The summed E-state index contributed by atoms with van der Waals surface area (Å²) in [7, 11) is 0. The van der Waals surface area contributed by atoms with Crippen molar-refractivity contribution in [2.45, 2.75) is 53.0 Å². The van der Waals surface area contributed by atoms with E-state index < -0.39 is 0 Å². The van der Waals surface area contributed by atoms with Gasteiger partial charge in [-0.25, -0.2) is 0 Å². The molecule has 1 unspecified atom stereocenters. The molecule has 0 bridgehead atoms. The number of aromatic nitrogens is 1. The number of ether oxygens (including phenoxy) is 1. The fourth-order valence-corrected chi connectivity index (χ4v) is 3.38. The predicted octanol–water partition coefficient (Wildman–Crippen LogP) is 7.02. The van der Waals surface area contributed by atoms with Crippen molar-refractivity contribution in [1.29, 1.82) is 0 Å². The lowest BCUT2D eigenvalue weighted by molar-refractivity contribution is 0.289. The monoisotopic (exact) mass is 517 g/mol. The second kappa shape index (κ2) is 22.4. The van der Waals surface area contributed by atoms with Crippen molar-refractivity contribution in [2.75, 3.05) is 19.7 Å². The van der Waals surface area contributed by atoms with Crippen LogP contribution in [0.3, 0.4) is 0 Å². The summed E-state index contributed by atoms with van der Waals surface area (Å²) in [6.07, 6.45) is 21.8. The van der Waals surface area contributed by atoms with Gasteiger partial charge in [0.2, 0.25) is 0 Å². The van der Waals surface area contributed by atoms with E-state index in [1.54, 1.807) is 18.3 Å². The van der Waals surface area contributed by atoms with Crippen LogP contribution in [-0.2, 0) is 0 Å². The molecule has 1 aromatic rings. The first kappa shape index (κ1) is 34.2.